The zero-order chi connectivity index (χ0) is 20.8. The van der Waals surface area contributed by atoms with Crippen LogP contribution in [0, 0.1) is 6.92 Å². The van der Waals surface area contributed by atoms with Crippen molar-refractivity contribution in [3.8, 4) is 0 Å². The van der Waals surface area contributed by atoms with Gasteiger partial charge in [-0.1, -0.05) is 24.3 Å². The highest BCUT2D eigenvalue weighted by molar-refractivity contribution is 5.86. The quantitative estimate of drug-likeness (QED) is 0.781. The molecule has 1 aromatic heterocycles. The van der Waals surface area contributed by atoms with Crippen LogP contribution in [0.5, 0.6) is 0 Å². The molecule has 1 fully saturated rings. The number of nitrogens with zero attached hydrogens (tertiary/aromatic N) is 3. The molecule has 7 nitrogen and oxygen atoms in total. The fraction of sp³-hybridized carbons (Fsp3) is 0.409. The second-order valence-electron chi connectivity index (χ2n) is 7.39. The predicted molar refractivity (Wildman–Crippen MR) is 115 cm³/mol. The van der Waals surface area contributed by atoms with E-state index in [0.717, 1.165) is 37.6 Å². The molecule has 1 aromatic carbocycles. The zero-order valence-electron chi connectivity index (χ0n) is 17.3. The third kappa shape index (κ3) is 5.25. The second-order valence-corrected chi connectivity index (χ2v) is 7.39. The summed E-state index contributed by atoms with van der Waals surface area (Å²) >= 11 is 0. The highest BCUT2D eigenvalue weighted by Gasteiger charge is 2.21. The number of carbonyl (C=O) groups is 2. The summed E-state index contributed by atoms with van der Waals surface area (Å²) in [6.45, 7) is 9.18. The monoisotopic (exact) mass is 395 g/mol. The van der Waals surface area contributed by atoms with Gasteiger partial charge in [0.15, 0.2) is 0 Å². The Morgan fingerprint density at radius 1 is 1.07 bits per heavy atom. The van der Waals surface area contributed by atoms with Crippen molar-refractivity contribution in [1.29, 1.82) is 0 Å². The number of nitrogens with one attached hydrogen (secondary N) is 2. The van der Waals surface area contributed by atoms with Gasteiger partial charge < -0.3 is 20.4 Å². The van der Waals surface area contributed by atoms with Gasteiger partial charge in [-0.25, -0.2) is 4.98 Å². The maximum absolute atomic E-state index is 12.2. The normalized spacial score (nSPS) is 15.0. The Morgan fingerprint density at radius 2 is 1.76 bits per heavy atom. The molecule has 3 rings (SSSR count). The lowest BCUT2D eigenvalue weighted by Gasteiger charge is -2.38. The molecule has 2 N–H and O–H groups in total. The molecule has 0 bridgehead atoms. The van der Waals surface area contributed by atoms with Gasteiger partial charge in [0.05, 0.1) is 0 Å². The van der Waals surface area contributed by atoms with E-state index in [4.69, 9.17) is 0 Å². The summed E-state index contributed by atoms with van der Waals surface area (Å²) in [5.74, 6) is 0.477. The minimum Gasteiger partial charge on any atom is -0.368 e. The van der Waals surface area contributed by atoms with Crippen LogP contribution in [0.1, 0.15) is 25.0 Å². The van der Waals surface area contributed by atoms with E-state index in [2.05, 4.69) is 56.6 Å². The number of rotatable bonds is 6. The van der Waals surface area contributed by atoms with Crippen molar-refractivity contribution < 1.29 is 9.59 Å². The molecule has 2 heterocycles. The number of anilines is 2. The Labute approximate surface area is 172 Å². The third-order valence-corrected chi connectivity index (χ3v) is 5.17. The zero-order valence-corrected chi connectivity index (χ0v) is 17.3. The molecule has 1 aliphatic rings. The maximum Gasteiger partial charge on any atom is 0.242 e. The number of aryl methyl sites for hydroxylation is 1. The largest absolute Gasteiger partial charge is 0.368 e. The van der Waals surface area contributed by atoms with Crippen LogP contribution in [0.25, 0.3) is 0 Å². The third-order valence-electron chi connectivity index (χ3n) is 5.17. The topological polar surface area (TPSA) is 77.6 Å². The van der Waals surface area contributed by atoms with Crippen LogP contribution in [0.15, 0.2) is 42.6 Å². The van der Waals surface area contributed by atoms with Gasteiger partial charge in [-0.05, 0) is 31.5 Å². The minimum atomic E-state index is -0.565. The van der Waals surface area contributed by atoms with Gasteiger partial charge in [-0.3, -0.25) is 9.59 Å². The molecule has 29 heavy (non-hydrogen) atoms. The first-order valence-corrected chi connectivity index (χ1v) is 10.00. The van der Waals surface area contributed by atoms with E-state index in [1.165, 1.54) is 18.2 Å². The number of hydrogen-bond donors (Lipinski definition) is 2. The number of piperazine rings is 1. The number of aromatic nitrogens is 1. The summed E-state index contributed by atoms with van der Waals surface area (Å²) in [6, 6.07) is 11.8. The average molecular weight is 396 g/mol. The van der Waals surface area contributed by atoms with Crippen molar-refractivity contribution in [3.63, 3.8) is 0 Å². The van der Waals surface area contributed by atoms with Gasteiger partial charge in [0.1, 0.15) is 11.9 Å². The Bertz CT molecular complexity index is 862. The molecular formula is C22H29N5O2. The molecule has 0 spiro atoms. The molecule has 0 saturated carbocycles. The maximum atomic E-state index is 12.2. The number of para-hydroxylation sites is 1. The summed E-state index contributed by atoms with van der Waals surface area (Å²) in [6.07, 6.45) is 1.79. The van der Waals surface area contributed by atoms with Crippen LogP contribution in [0.2, 0.25) is 0 Å². The van der Waals surface area contributed by atoms with Gasteiger partial charge in [0.2, 0.25) is 11.8 Å². The first-order chi connectivity index (χ1) is 14.0. The van der Waals surface area contributed by atoms with Crippen LogP contribution in [-0.4, -0.2) is 49.0 Å². The molecule has 1 atom stereocenters. The Hall–Kier alpha value is -3.09. The number of hydrogen-bond acceptors (Lipinski definition) is 5. The van der Waals surface area contributed by atoms with Gasteiger partial charge in [0, 0.05) is 57.1 Å². The van der Waals surface area contributed by atoms with Crippen LogP contribution in [-0.2, 0) is 16.1 Å². The second kappa shape index (κ2) is 9.41. The summed E-state index contributed by atoms with van der Waals surface area (Å²) in [5, 5.41) is 5.49. The van der Waals surface area contributed by atoms with E-state index in [1.54, 1.807) is 13.1 Å². The predicted octanol–water partition coefficient (Wildman–Crippen LogP) is 1.86. The molecule has 0 unspecified atom stereocenters. The molecule has 1 aliphatic heterocycles. The Kier molecular flexibility index (Phi) is 6.69. The van der Waals surface area contributed by atoms with Gasteiger partial charge in [-0.2, -0.15) is 0 Å². The molecule has 1 saturated heterocycles. The van der Waals surface area contributed by atoms with E-state index in [0.29, 0.717) is 6.54 Å². The summed E-state index contributed by atoms with van der Waals surface area (Å²) in [5.41, 5.74) is 3.54. The van der Waals surface area contributed by atoms with Crippen molar-refractivity contribution in [1.82, 2.24) is 15.6 Å². The Morgan fingerprint density at radius 3 is 2.45 bits per heavy atom. The van der Waals surface area contributed by atoms with Crippen molar-refractivity contribution >= 4 is 23.3 Å². The fourth-order valence-corrected chi connectivity index (χ4v) is 3.64. The van der Waals surface area contributed by atoms with Crippen LogP contribution < -0.4 is 20.4 Å². The van der Waals surface area contributed by atoms with Crippen molar-refractivity contribution in [2.45, 2.75) is 33.4 Å². The van der Waals surface area contributed by atoms with Gasteiger partial charge >= 0.3 is 0 Å². The molecular weight excluding hydrogens is 366 g/mol. The smallest absolute Gasteiger partial charge is 0.242 e. The standard InChI is InChI=1S/C22H29N5O2/c1-16-7-4-5-9-20(16)26-11-13-27(14-12-26)21-19(8-6-10-23-21)15-24-22(29)17(2)25-18(3)28/h4-10,17H,11-15H2,1-3H3,(H,24,29)(H,25,28)/t17-/m0/s1. The van der Waals surface area contributed by atoms with Crippen LogP contribution in [0.3, 0.4) is 0 Å². The number of amides is 2. The lowest BCUT2D eigenvalue weighted by molar-refractivity contribution is -0.127. The first kappa shape index (κ1) is 20.6. The lowest BCUT2D eigenvalue weighted by atomic mass is 10.1. The minimum absolute atomic E-state index is 0.209. The van der Waals surface area contributed by atoms with Crippen molar-refractivity contribution in [2.75, 3.05) is 36.0 Å². The summed E-state index contributed by atoms with van der Waals surface area (Å²) in [7, 11) is 0. The van der Waals surface area contributed by atoms with Crippen molar-refractivity contribution in [2.24, 2.45) is 0 Å². The summed E-state index contributed by atoms with van der Waals surface area (Å²) < 4.78 is 0. The van der Waals surface area contributed by atoms with Crippen LogP contribution >= 0.6 is 0 Å². The SMILES string of the molecule is CC(=O)N[C@@H](C)C(=O)NCc1cccnc1N1CCN(c2ccccc2C)CC1. The molecule has 7 heteroatoms. The highest BCUT2D eigenvalue weighted by atomic mass is 16.2. The molecule has 2 amide bonds. The van der Waals surface area contributed by atoms with E-state index < -0.39 is 6.04 Å². The molecule has 154 valence electrons. The molecule has 2 aromatic rings. The van der Waals surface area contributed by atoms with Gasteiger partial charge in [-0.15, -0.1) is 0 Å². The lowest BCUT2D eigenvalue weighted by Crippen LogP contribution is -2.47. The average Bonchev–Trinajstić information content (AvgIpc) is 2.72. The van der Waals surface area contributed by atoms with E-state index in [9.17, 15) is 9.59 Å². The Balaban J connectivity index is 1.62. The van der Waals surface area contributed by atoms with E-state index in [-0.39, 0.29) is 11.8 Å². The van der Waals surface area contributed by atoms with E-state index in [1.807, 2.05) is 12.1 Å². The number of carbonyl (C=O) groups excluding carboxylic acids is 2. The van der Waals surface area contributed by atoms with Crippen molar-refractivity contribution in [3.05, 3.63) is 53.7 Å². The molecule has 0 radical (unpaired) electrons. The first-order valence-electron chi connectivity index (χ1n) is 10.00. The highest BCUT2D eigenvalue weighted by Crippen LogP contribution is 2.24. The van der Waals surface area contributed by atoms with Gasteiger partial charge in [0.25, 0.3) is 0 Å². The summed E-state index contributed by atoms with van der Waals surface area (Å²) in [4.78, 5) is 32.6. The van der Waals surface area contributed by atoms with Crippen LogP contribution in [0.4, 0.5) is 11.5 Å². The fourth-order valence-electron chi connectivity index (χ4n) is 3.64. The molecule has 0 aliphatic carbocycles. The van der Waals surface area contributed by atoms with E-state index >= 15 is 0 Å². The number of benzene rings is 1. The number of pyridine rings is 1.